The number of rotatable bonds is 4. The van der Waals surface area contributed by atoms with Gasteiger partial charge >= 0.3 is 0 Å². The lowest BCUT2D eigenvalue weighted by Crippen LogP contribution is -2.59. The van der Waals surface area contributed by atoms with Crippen molar-refractivity contribution in [2.24, 2.45) is 5.73 Å². The number of hydrogen-bond donors (Lipinski definition) is 1. The third-order valence-electron chi connectivity index (χ3n) is 4.43. The quantitative estimate of drug-likeness (QED) is 0.901. The number of morpholine rings is 1. The summed E-state index contributed by atoms with van der Waals surface area (Å²) in [5.41, 5.74) is 9.19. The zero-order valence-corrected chi connectivity index (χ0v) is 12.4. The van der Waals surface area contributed by atoms with Gasteiger partial charge in [0, 0.05) is 24.7 Å². The molecule has 1 saturated heterocycles. The summed E-state index contributed by atoms with van der Waals surface area (Å²) >= 11 is 0. The van der Waals surface area contributed by atoms with E-state index in [-0.39, 0.29) is 11.6 Å². The van der Waals surface area contributed by atoms with E-state index in [0.29, 0.717) is 0 Å². The van der Waals surface area contributed by atoms with Gasteiger partial charge in [0.05, 0.1) is 13.2 Å². The standard InChI is InChI=1S/C16H26N2O/c1-13-6-4-5-7-14(13)12-15(17)16(2,3)18-8-10-19-11-9-18/h4-7,15H,8-12,17H2,1-3H3. The summed E-state index contributed by atoms with van der Waals surface area (Å²) < 4.78 is 5.43. The van der Waals surface area contributed by atoms with Gasteiger partial charge in [-0.05, 0) is 38.3 Å². The number of benzene rings is 1. The largest absolute Gasteiger partial charge is 0.379 e. The van der Waals surface area contributed by atoms with Gasteiger partial charge in [0.1, 0.15) is 0 Å². The lowest BCUT2D eigenvalue weighted by molar-refractivity contribution is -0.0186. The van der Waals surface area contributed by atoms with E-state index in [9.17, 15) is 0 Å². The van der Waals surface area contributed by atoms with Gasteiger partial charge in [-0.15, -0.1) is 0 Å². The van der Waals surface area contributed by atoms with Crippen LogP contribution in [0, 0.1) is 6.92 Å². The fourth-order valence-corrected chi connectivity index (χ4v) is 2.70. The molecule has 0 spiro atoms. The molecule has 0 aromatic heterocycles. The van der Waals surface area contributed by atoms with Gasteiger partial charge in [-0.3, -0.25) is 4.90 Å². The lowest BCUT2D eigenvalue weighted by Gasteiger charge is -2.44. The van der Waals surface area contributed by atoms with E-state index in [1.54, 1.807) is 0 Å². The summed E-state index contributed by atoms with van der Waals surface area (Å²) in [7, 11) is 0. The number of ether oxygens (including phenoxy) is 1. The Hall–Kier alpha value is -0.900. The Labute approximate surface area is 116 Å². The highest BCUT2D eigenvalue weighted by molar-refractivity contribution is 5.27. The lowest BCUT2D eigenvalue weighted by atomic mass is 9.87. The molecule has 0 aliphatic carbocycles. The molecule has 1 unspecified atom stereocenters. The zero-order chi connectivity index (χ0) is 13.9. The van der Waals surface area contributed by atoms with E-state index in [1.165, 1.54) is 11.1 Å². The molecule has 2 N–H and O–H groups in total. The van der Waals surface area contributed by atoms with E-state index in [2.05, 4.69) is 49.9 Å². The highest BCUT2D eigenvalue weighted by Gasteiger charge is 2.34. The Kier molecular flexibility index (Phi) is 4.61. The van der Waals surface area contributed by atoms with Crippen LogP contribution < -0.4 is 5.73 Å². The van der Waals surface area contributed by atoms with Crippen molar-refractivity contribution in [3.05, 3.63) is 35.4 Å². The van der Waals surface area contributed by atoms with Crippen molar-refractivity contribution in [3.63, 3.8) is 0 Å². The minimum Gasteiger partial charge on any atom is -0.379 e. The highest BCUT2D eigenvalue weighted by Crippen LogP contribution is 2.22. The summed E-state index contributed by atoms with van der Waals surface area (Å²) in [6, 6.07) is 8.65. The topological polar surface area (TPSA) is 38.5 Å². The van der Waals surface area contributed by atoms with Crippen molar-refractivity contribution in [1.29, 1.82) is 0 Å². The van der Waals surface area contributed by atoms with Crippen LogP contribution in [0.25, 0.3) is 0 Å². The fourth-order valence-electron chi connectivity index (χ4n) is 2.70. The monoisotopic (exact) mass is 262 g/mol. The molecular weight excluding hydrogens is 236 g/mol. The third kappa shape index (κ3) is 3.35. The van der Waals surface area contributed by atoms with Gasteiger partial charge in [0.2, 0.25) is 0 Å². The SMILES string of the molecule is Cc1ccccc1CC(N)C(C)(C)N1CCOCC1. The van der Waals surface area contributed by atoms with E-state index in [0.717, 1.165) is 32.7 Å². The molecule has 0 saturated carbocycles. The average Bonchev–Trinajstić information content (AvgIpc) is 2.42. The van der Waals surface area contributed by atoms with E-state index in [4.69, 9.17) is 10.5 Å². The number of nitrogens with zero attached hydrogens (tertiary/aromatic N) is 1. The van der Waals surface area contributed by atoms with Crippen LogP contribution >= 0.6 is 0 Å². The normalized spacial score (nSPS) is 19.4. The van der Waals surface area contributed by atoms with Crippen LogP contribution in [0.1, 0.15) is 25.0 Å². The Bertz CT molecular complexity index is 411. The molecule has 1 aliphatic heterocycles. The van der Waals surface area contributed by atoms with Crippen LogP contribution in [0.2, 0.25) is 0 Å². The zero-order valence-electron chi connectivity index (χ0n) is 12.4. The fraction of sp³-hybridized carbons (Fsp3) is 0.625. The molecule has 106 valence electrons. The Balaban J connectivity index is 2.05. The smallest absolute Gasteiger partial charge is 0.0594 e. The van der Waals surface area contributed by atoms with Gasteiger partial charge in [-0.1, -0.05) is 24.3 Å². The van der Waals surface area contributed by atoms with Crippen molar-refractivity contribution in [2.75, 3.05) is 26.3 Å². The second kappa shape index (κ2) is 6.04. The van der Waals surface area contributed by atoms with Crippen LogP contribution in [0.4, 0.5) is 0 Å². The Morgan fingerprint density at radius 2 is 1.89 bits per heavy atom. The van der Waals surface area contributed by atoms with Crippen LogP contribution in [-0.4, -0.2) is 42.8 Å². The van der Waals surface area contributed by atoms with Crippen LogP contribution in [-0.2, 0) is 11.2 Å². The van der Waals surface area contributed by atoms with Gasteiger partial charge in [-0.2, -0.15) is 0 Å². The molecule has 2 rings (SSSR count). The molecular formula is C16H26N2O. The highest BCUT2D eigenvalue weighted by atomic mass is 16.5. The van der Waals surface area contributed by atoms with Gasteiger partial charge < -0.3 is 10.5 Å². The van der Waals surface area contributed by atoms with Crippen molar-refractivity contribution >= 4 is 0 Å². The molecule has 0 bridgehead atoms. The second-order valence-electron chi connectivity index (χ2n) is 5.99. The average molecular weight is 262 g/mol. The molecule has 3 nitrogen and oxygen atoms in total. The molecule has 1 fully saturated rings. The van der Waals surface area contributed by atoms with Crippen LogP contribution in [0.5, 0.6) is 0 Å². The maximum atomic E-state index is 6.50. The Morgan fingerprint density at radius 3 is 2.53 bits per heavy atom. The van der Waals surface area contributed by atoms with E-state index >= 15 is 0 Å². The third-order valence-corrected chi connectivity index (χ3v) is 4.43. The molecule has 3 heteroatoms. The summed E-state index contributed by atoms with van der Waals surface area (Å²) in [6.07, 6.45) is 0.928. The van der Waals surface area contributed by atoms with Crippen molar-refractivity contribution < 1.29 is 4.74 Å². The maximum Gasteiger partial charge on any atom is 0.0594 e. The first kappa shape index (κ1) is 14.5. The van der Waals surface area contributed by atoms with Gasteiger partial charge in [0.15, 0.2) is 0 Å². The maximum absolute atomic E-state index is 6.50. The first-order chi connectivity index (χ1) is 9.01. The predicted octanol–water partition coefficient (Wildman–Crippen LogP) is 1.98. The second-order valence-corrected chi connectivity index (χ2v) is 5.99. The molecule has 0 amide bonds. The molecule has 0 radical (unpaired) electrons. The summed E-state index contributed by atoms with van der Waals surface area (Å²) in [5, 5.41) is 0. The minimum atomic E-state index is 0.00601. The van der Waals surface area contributed by atoms with Crippen molar-refractivity contribution in [3.8, 4) is 0 Å². The summed E-state index contributed by atoms with van der Waals surface area (Å²) in [5.74, 6) is 0. The van der Waals surface area contributed by atoms with Crippen molar-refractivity contribution in [2.45, 2.75) is 38.8 Å². The molecule has 19 heavy (non-hydrogen) atoms. The van der Waals surface area contributed by atoms with E-state index in [1.807, 2.05) is 0 Å². The van der Waals surface area contributed by atoms with Gasteiger partial charge in [0.25, 0.3) is 0 Å². The molecule has 1 aromatic carbocycles. The molecule has 1 atom stereocenters. The van der Waals surface area contributed by atoms with Crippen LogP contribution in [0.3, 0.4) is 0 Å². The van der Waals surface area contributed by atoms with Crippen molar-refractivity contribution in [1.82, 2.24) is 4.90 Å². The molecule has 1 aromatic rings. The van der Waals surface area contributed by atoms with Gasteiger partial charge in [-0.25, -0.2) is 0 Å². The number of nitrogens with two attached hydrogens (primary N) is 1. The van der Waals surface area contributed by atoms with E-state index < -0.39 is 0 Å². The number of hydrogen-bond acceptors (Lipinski definition) is 3. The van der Waals surface area contributed by atoms with Crippen LogP contribution in [0.15, 0.2) is 24.3 Å². The summed E-state index contributed by atoms with van der Waals surface area (Å²) in [4.78, 5) is 2.46. The molecule has 1 aliphatic rings. The minimum absolute atomic E-state index is 0.00601. The Morgan fingerprint density at radius 1 is 1.26 bits per heavy atom. The molecule has 1 heterocycles. The summed E-state index contributed by atoms with van der Waals surface area (Å²) in [6.45, 7) is 10.3. The predicted molar refractivity (Wildman–Crippen MR) is 79.3 cm³/mol. The first-order valence-electron chi connectivity index (χ1n) is 7.14. The number of aryl methyl sites for hydroxylation is 1. The first-order valence-corrected chi connectivity index (χ1v) is 7.14.